The Hall–Kier alpha value is -2.21. The summed E-state index contributed by atoms with van der Waals surface area (Å²) in [6.45, 7) is 3.04. The highest BCUT2D eigenvalue weighted by Crippen LogP contribution is 2.26. The molecule has 2 heterocycles. The maximum Gasteiger partial charge on any atom is 0.274 e. The number of anilines is 1. The highest BCUT2D eigenvalue weighted by atomic mass is 32.2. The first kappa shape index (κ1) is 16.6. The number of aromatic nitrogens is 1. The first-order chi connectivity index (χ1) is 11.7. The van der Waals surface area contributed by atoms with Crippen molar-refractivity contribution >= 4 is 23.5 Å². The SMILES string of the molecule is COc1cc(SC)ccc1C(=O)N1CCN(c2cccc[nH+]2)CC1. The summed E-state index contributed by atoms with van der Waals surface area (Å²) in [5.74, 6) is 1.77. The second-order valence-electron chi connectivity index (χ2n) is 5.59. The van der Waals surface area contributed by atoms with Gasteiger partial charge in [-0.3, -0.25) is 9.69 Å². The van der Waals surface area contributed by atoms with Gasteiger partial charge in [-0.25, -0.2) is 4.98 Å². The summed E-state index contributed by atoms with van der Waals surface area (Å²) < 4.78 is 5.41. The number of thioether (sulfide) groups is 1. The van der Waals surface area contributed by atoms with Crippen molar-refractivity contribution in [1.82, 2.24) is 4.90 Å². The first-order valence-corrected chi connectivity index (χ1v) is 9.18. The predicted molar refractivity (Wildman–Crippen MR) is 95.9 cm³/mol. The van der Waals surface area contributed by atoms with Gasteiger partial charge in [0.1, 0.15) is 18.8 Å². The minimum absolute atomic E-state index is 0.0381. The van der Waals surface area contributed by atoms with Crippen molar-refractivity contribution in [1.29, 1.82) is 0 Å². The molecule has 6 heteroatoms. The highest BCUT2D eigenvalue weighted by molar-refractivity contribution is 7.98. The highest BCUT2D eigenvalue weighted by Gasteiger charge is 2.28. The van der Waals surface area contributed by atoms with Crippen LogP contribution in [-0.2, 0) is 0 Å². The number of pyridine rings is 1. The van der Waals surface area contributed by atoms with Gasteiger partial charge in [0.25, 0.3) is 11.7 Å². The fraction of sp³-hybridized carbons (Fsp3) is 0.333. The van der Waals surface area contributed by atoms with Crippen LogP contribution in [0.1, 0.15) is 10.4 Å². The average molecular weight is 344 g/mol. The molecule has 5 nitrogen and oxygen atoms in total. The Morgan fingerprint density at radius 2 is 1.96 bits per heavy atom. The number of carbonyl (C=O) groups is 1. The van der Waals surface area contributed by atoms with Crippen molar-refractivity contribution in [3.63, 3.8) is 0 Å². The zero-order valence-electron chi connectivity index (χ0n) is 14.0. The number of amides is 1. The van der Waals surface area contributed by atoms with E-state index in [0.29, 0.717) is 24.4 Å². The van der Waals surface area contributed by atoms with Gasteiger partial charge in [0, 0.05) is 11.0 Å². The van der Waals surface area contributed by atoms with Crippen molar-refractivity contribution in [3.8, 4) is 5.75 Å². The minimum atomic E-state index is 0.0381. The molecule has 0 unspecified atom stereocenters. The van der Waals surface area contributed by atoms with Crippen LogP contribution in [0.15, 0.2) is 47.5 Å². The second kappa shape index (κ2) is 7.57. The zero-order valence-corrected chi connectivity index (χ0v) is 14.8. The molecular weight excluding hydrogens is 322 g/mol. The molecule has 1 aromatic heterocycles. The average Bonchev–Trinajstić information content (AvgIpc) is 2.67. The van der Waals surface area contributed by atoms with E-state index in [1.165, 1.54) is 0 Å². The van der Waals surface area contributed by atoms with Gasteiger partial charge >= 0.3 is 0 Å². The van der Waals surface area contributed by atoms with Crippen LogP contribution in [0.5, 0.6) is 5.75 Å². The molecule has 0 aliphatic carbocycles. The van der Waals surface area contributed by atoms with Crippen LogP contribution in [-0.4, -0.2) is 50.4 Å². The molecule has 24 heavy (non-hydrogen) atoms. The van der Waals surface area contributed by atoms with Gasteiger partial charge in [-0.15, -0.1) is 11.8 Å². The predicted octanol–water partition coefficient (Wildman–Crippen LogP) is 2.19. The van der Waals surface area contributed by atoms with E-state index in [9.17, 15) is 4.79 Å². The van der Waals surface area contributed by atoms with Gasteiger partial charge in [-0.2, -0.15) is 0 Å². The number of aromatic amines is 1. The molecule has 0 saturated carbocycles. The summed E-state index contributed by atoms with van der Waals surface area (Å²) in [5.41, 5.74) is 0.634. The number of piperazine rings is 1. The second-order valence-corrected chi connectivity index (χ2v) is 6.47. The van der Waals surface area contributed by atoms with Crippen LogP contribution in [0.25, 0.3) is 0 Å². The largest absolute Gasteiger partial charge is 0.496 e. The lowest BCUT2D eigenvalue weighted by Crippen LogP contribution is -2.50. The molecule has 2 aromatic rings. The number of hydrogen-bond donors (Lipinski definition) is 0. The Bertz CT molecular complexity index is 701. The van der Waals surface area contributed by atoms with E-state index in [0.717, 1.165) is 23.8 Å². The standard InChI is InChI=1S/C18H21N3O2S/c1-23-16-13-14(24-2)6-7-15(16)18(22)21-11-9-20(10-12-21)17-5-3-4-8-19-17/h3-8,13H,9-12H2,1-2H3/p+1. The van der Waals surface area contributed by atoms with E-state index < -0.39 is 0 Å². The molecule has 126 valence electrons. The lowest BCUT2D eigenvalue weighted by atomic mass is 10.1. The van der Waals surface area contributed by atoms with E-state index in [2.05, 4.69) is 16.0 Å². The molecule has 0 bridgehead atoms. The summed E-state index contributed by atoms with van der Waals surface area (Å²) in [6.07, 6.45) is 3.93. The van der Waals surface area contributed by atoms with E-state index in [4.69, 9.17) is 4.74 Å². The minimum Gasteiger partial charge on any atom is -0.496 e. The van der Waals surface area contributed by atoms with Crippen LogP contribution in [0, 0.1) is 0 Å². The first-order valence-electron chi connectivity index (χ1n) is 7.96. The zero-order chi connectivity index (χ0) is 16.9. The van der Waals surface area contributed by atoms with Crippen molar-refractivity contribution < 1.29 is 14.5 Å². The maximum atomic E-state index is 12.8. The number of ether oxygens (including phenoxy) is 1. The Morgan fingerprint density at radius 1 is 1.17 bits per heavy atom. The summed E-state index contributed by atoms with van der Waals surface area (Å²) in [6, 6.07) is 11.8. The number of benzene rings is 1. The Morgan fingerprint density at radius 3 is 2.58 bits per heavy atom. The Kier molecular flexibility index (Phi) is 5.25. The van der Waals surface area contributed by atoms with E-state index >= 15 is 0 Å². The summed E-state index contributed by atoms with van der Waals surface area (Å²) >= 11 is 1.64. The molecule has 1 saturated heterocycles. The van der Waals surface area contributed by atoms with Gasteiger partial charge < -0.3 is 9.64 Å². The number of rotatable bonds is 4. The van der Waals surface area contributed by atoms with Crippen molar-refractivity contribution in [3.05, 3.63) is 48.2 Å². The van der Waals surface area contributed by atoms with Crippen LogP contribution < -0.4 is 14.6 Å². The fourth-order valence-corrected chi connectivity index (χ4v) is 3.31. The van der Waals surface area contributed by atoms with Crippen molar-refractivity contribution in [2.45, 2.75) is 4.90 Å². The van der Waals surface area contributed by atoms with E-state index in [1.807, 2.05) is 47.7 Å². The molecular formula is C18H22N3O2S+. The molecule has 1 amide bonds. The summed E-state index contributed by atoms with van der Waals surface area (Å²) in [7, 11) is 1.61. The van der Waals surface area contributed by atoms with Crippen LogP contribution in [0.3, 0.4) is 0 Å². The van der Waals surface area contributed by atoms with Crippen LogP contribution >= 0.6 is 11.8 Å². The van der Waals surface area contributed by atoms with Gasteiger partial charge in [-0.05, 0) is 30.5 Å². The summed E-state index contributed by atoms with van der Waals surface area (Å²) in [5, 5.41) is 0. The monoisotopic (exact) mass is 344 g/mol. The topological polar surface area (TPSA) is 46.9 Å². The third kappa shape index (κ3) is 3.48. The lowest BCUT2D eigenvalue weighted by molar-refractivity contribution is -0.364. The number of H-pyrrole nitrogens is 1. The molecule has 3 rings (SSSR count). The number of nitrogens with zero attached hydrogens (tertiary/aromatic N) is 2. The van der Waals surface area contributed by atoms with Crippen molar-refractivity contribution in [2.75, 3.05) is 44.4 Å². The fourth-order valence-electron chi connectivity index (χ4n) is 2.88. The molecule has 1 fully saturated rings. The quantitative estimate of drug-likeness (QED) is 0.798. The molecule has 0 atom stereocenters. The van der Waals surface area contributed by atoms with E-state index in [1.54, 1.807) is 18.9 Å². The third-order valence-electron chi connectivity index (χ3n) is 4.24. The van der Waals surface area contributed by atoms with Crippen LogP contribution in [0.2, 0.25) is 0 Å². The number of methoxy groups -OCH3 is 1. The molecule has 0 radical (unpaired) electrons. The smallest absolute Gasteiger partial charge is 0.274 e. The normalized spacial score (nSPS) is 14.6. The Balaban J connectivity index is 1.69. The molecule has 1 aromatic carbocycles. The van der Waals surface area contributed by atoms with Gasteiger partial charge in [0.05, 0.1) is 32.0 Å². The number of nitrogens with one attached hydrogen (secondary N) is 1. The summed E-state index contributed by atoms with van der Waals surface area (Å²) in [4.78, 5) is 21.3. The molecule has 0 spiro atoms. The third-order valence-corrected chi connectivity index (χ3v) is 4.96. The lowest BCUT2D eigenvalue weighted by Gasteiger charge is -2.31. The van der Waals surface area contributed by atoms with Gasteiger partial charge in [-0.1, -0.05) is 6.07 Å². The molecule has 1 N–H and O–H groups in total. The molecule has 1 aliphatic rings. The Labute approximate surface area is 146 Å². The van der Waals surface area contributed by atoms with Crippen LogP contribution in [0.4, 0.5) is 5.82 Å². The number of hydrogen-bond acceptors (Lipinski definition) is 4. The maximum absolute atomic E-state index is 12.8. The van der Waals surface area contributed by atoms with Gasteiger partial charge in [0.15, 0.2) is 0 Å². The van der Waals surface area contributed by atoms with E-state index in [-0.39, 0.29) is 5.91 Å². The molecule has 1 aliphatic heterocycles. The number of carbonyl (C=O) groups excluding carboxylic acids is 1. The van der Waals surface area contributed by atoms with Gasteiger partial charge in [0.2, 0.25) is 0 Å². The van der Waals surface area contributed by atoms with Crippen molar-refractivity contribution in [2.24, 2.45) is 0 Å².